The first-order valence-electron chi connectivity index (χ1n) is 10.9. The van der Waals surface area contributed by atoms with Crippen LogP contribution < -0.4 is 10.6 Å². The Hall–Kier alpha value is -0.160. The van der Waals surface area contributed by atoms with E-state index in [0.29, 0.717) is 5.92 Å². The molecule has 0 aromatic heterocycles. The summed E-state index contributed by atoms with van der Waals surface area (Å²) in [6.07, 6.45) is 5.62. The summed E-state index contributed by atoms with van der Waals surface area (Å²) in [7, 11) is 0. The van der Waals surface area contributed by atoms with Gasteiger partial charge in [0, 0.05) is 59.2 Å². The van der Waals surface area contributed by atoms with Gasteiger partial charge in [-0.1, -0.05) is 0 Å². The predicted octanol–water partition coefficient (Wildman–Crippen LogP) is 2.11. The first-order chi connectivity index (χ1) is 13.4. The Morgan fingerprint density at radius 2 is 1.79 bits per heavy atom. The molecule has 0 amide bonds. The van der Waals surface area contributed by atoms with Crippen molar-refractivity contribution < 1.29 is 14.2 Å². The topological polar surface area (TPSA) is 67.4 Å². The maximum atomic E-state index is 5.81. The summed E-state index contributed by atoms with van der Waals surface area (Å²) in [5.74, 6) is 1.60. The van der Waals surface area contributed by atoms with Crippen molar-refractivity contribution in [2.24, 2.45) is 10.9 Å². The zero-order chi connectivity index (χ0) is 19.0. The number of guanidine groups is 1. The highest BCUT2D eigenvalue weighted by atomic mass is 127. The second-order valence-electron chi connectivity index (χ2n) is 7.33. The quantitative estimate of drug-likeness (QED) is 0.181. The maximum Gasteiger partial charge on any atom is 0.191 e. The Balaban J connectivity index is 0.00000392. The van der Waals surface area contributed by atoms with Gasteiger partial charge in [0.05, 0.1) is 13.2 Å². The van der Waals surface area contributed by atoms with Crippen LogP contribution in [-0.4, -0.2) is 89.8 Å². The number of rotatable bonds is 12. The molecule has 0 aliphatic carbocycles. The number of hydrogen-bond acceptors (Lipinski definition) is 5. The van der Waals surface area contributed by atoms with Gasteiger partial charge in [0.25, 0.3) is 0 Å². The molecule has 7 nitrogen and oxygen atoms in total. The van der Waals surface area contributed by atoms with Gasteiger partial charge in [-0.3, -0.25) is 9.89 Å². The summed E-state index contributed by atoms with van der Waals surface area (Å²) >= 11 is 0. The summed E-state index contributed by atoms with van der Waals surface area (Å²) in [5, 5.41) is 6.76. The second-order valence-corrected chi connectivity index (χ2v) is 7.33. The van der Waals surface area contributed by atoms with Gasteiger partial charge in [-0.05, 0) is 51.5 Å². The molecule has 0 spiro atoms. The van der Waals surface area contributed by atoms with Crippen molar-refractivity contribution in [3.05, 3.63) is 0 Å². The minimum absolute atomic E-state index is 0. The molecule has 2 rings (SSSR count). The number of aliphatic imine (C=N–C) groups is 1. The van der Waals surface area contributed by atoms with E-state index >= 15 is 0 Å². The predicted molar refractivity (Wildman–Crippen MR) is 125 cm³/mol. The number of morpholine rings is 1. The number of halogens is 1. The van der Waals surface area contributed by atoms with E-state index in [-0.39, 0.29) is 24.0 Å². The number of nitrogens with one attached hydrogen (secondary N) is 2. The Bertz CT molecular complexity index is 390. The largest absolute Gasteiger partial charge is 0.381 e. The molecule has 2 saturated heterocycles. The summed E-state index contributed by atoms with van der Waals surface area (Å²) in [6, 6.07) is 0. The minimum Gasteiger partial charge on any atom is -0.381 e. The van der Waals surface area contributed by atoms with Crippen molar-refractivity contribution in [1.82, 2.24) is 15.5 Å². The third-order valence-corrected chi connectivity index (χ3v) is 5.05. The van der Waals surface area contributed by atoms with Crippen molar-refractivity contribution in [2.45, 2.75) is 39.0 Å². The average molecular weight is 512 g/mol. The molecule has 2 heterocycles. The summed E-state index contributed by atoms with van der Waals surface area (Å²) < 4.78 is 16.6. The van der Waals surface area contributed by atoms with E-state index in [2.05, 4.69) is 27.4 Å². The third-order valence-electron chi connectivity index (χ3n) is 5.05. The highest BCUT2D eigenvalue weighted by molar-refractivity contribution is 14.0. The van der Waals surface area contributed by atoms with E-state index < -0.39 is 0 Å². The monoisotopic (exact) mass is 512 g/mol. The zero-order valence-corrected chi connectivity index (χ0v) is 20.0. The molecule has 0 radical (unpaired) electrons. The van der Waals surface area contributed by atoms with Gasteiger partial charge >= 0.3 is 0 Å². The standard InChI is InChI=1S/C20H40N4O3.HI/c1-2-21-20(22-8-3-4-10-24-11-16-26-17-12-24)23-9-5-13-27-18-19-6-14-25-15-7-19;/h19H,2-18H2,1H3,(H2,21,22,23);1H. The van der Waals surface area contributed by atoms with Crippen LogP contribution in [0.5, 0.6) is 0 Å². The maximum absolute atomic E-state index is 5.81. The molecule has 8 heteroatoms. The van der Waals surface area contributed by atoms with E-state index in [1.165, 1.54) is 13.0 Å². The lowest BCUT2D eigenvalue weighted by Gasteiger charge is -2.26. The minimum atomic E-state index is 0. The molecule has 0 aromatic rings. The van der Waals surface area contributed by atoms with Crippen LogP contribution in [0.2, 0.25) is 0 Å². The fourth-order valence-corrected chi connectivity index (χ4v) is 3.35. The Morgan fingerprint density at radius 3 is 2.54 bits per heavy atom. The summed E-state index contributed by atoms with van der Waals surface area (Å²) in [5.41, 5.74) is 0. The van der Waals surface area contributed by atoms with Crippen molar-refractivity contribution in [2.75, 3.05) is 78.9 Å². The molecule has 0 saturated carbocycles. The van der Waals surface area contributed by atoms with E-state index in [4.69, 9.17) is 14.2 Å². The molecule has 2 fully saturated rings. The fourth-order valence-electron chi connectivity index (χ4n) is 3.35. The van der Waals surface area contributed by atoms with E-state index in [1.54, 1.807) is 0 Å². The van der Waals surface area contributed by atoms with Crippen LogP contribution in [0.4, 0.5) is 0 Å². The average Bonchev–Trinajstić information content (AvgIpc) is 2.71. The molecule has 0 bridgehead atoms. The highest BCUT2D eigenvalue weighted by Crippen LogP contribution is 2.14. The Morgan fingerprint density at radius 1 is 1.04 bits per heavy atom. The van der Waals surface area contributed by atoms with Gasteiger partial charge in [-0.25, -0.2) is 0 Å². The summed E-state index contributed by atoms with van der Waals surface area (Å²) in [6.45, 7) is 13.3. The van der Waals surface area contributed by atoms with Crippen LogP contribution in [0.15, 0.2) is 4.99 Å². The Labute approximate surface area is 188 Å². The molecule has 28 heavy (non-hydrogen) atoms. The van der Waals surface area contributed by atoms with Gasteiger partial charge in [-0.15, -0.1) is 24.0 Å². The molecule has 2 aliphatic heterocycles. The third kappa shape index (κ3) is 12.4. The van der Waals surface area contributed by atoms with E-state index in [0.717, 1.165) is 104 Å². The van der Waals surface area contributed by atoms with E-state index in [9.17, 15) is 0 Å². The van der Waals surface area contributed by atoms with Gasteiger partial charge < -0.3 is 24.8 Å². The first-order valence-corrected chi connectivity index (χ1v) is 10.9. The van der Waals surface area contributed by atoms with Crippen LogP contribution in [-0.2, 0) is 14.2 Å². The van der Waals surface area contributed by atoms with Gasteiger partial charge in [0.1, 0.15) is 0 Å². The fraction of sp³-hybridized carbons (Fsp3) is 0.950. The van der Waals surface area contributed by atoms with Crippen molar-refractivity contribution in [3.63, 3.8) is 0 Å². The lowest BCUT2D eigenvalue weighted by molar-refractivity contribution is 0.0205. The van der Waals surface area contributed by atoms with E-state index in [1.807, 2.05) is 0 Å². The van der Waals surface area contributed by atoms with Crippen molar-refractivity contribution in [3.8, 4) is 0 Å². The Kier molecular flexibility index (Phi) is 16.3. The second kappa shape index (κ2) is 17.7. The highest BCUT2D eigenvalue weighted by Gasteiger charge is 2.13. The van der Waals surface area contributed by atoms with Gasteiger partial charge in [-0.2, -0.15) is 0 Å². The number of hydrogen-bond donors (Lipinski definition) is 2. The van der Waals surface area contributed by atoms with Crippen LogP contribution in [0.25, 0.3) is 0 Å². The SMILES string of the molecule is CCNC(=NCCCOCC1CCOCC1)NCCCCN1CCOCC1.I. The molecule has 0 aromatic carbocycles. The molecular formula is C20H41IN4O3. The summed E-state index contributed by atoms with van der Waals surface area (Å²) in [4.78, 5) is 7.14. The van der Waals surface area contributed by atoms with Crippen LogP contribution in [0, 0.1) is 5.92 Å². The normalized spacial score (nSPS) is 19.2. The smallest absolute Gasteiger partial charge is 0.191 e. The van der Waals surface area contributed by atoms with Gasteiger partial charge in [0.2, 0.25) is 0 Å². The molecule has 166 valence electrons. The lowest BCUT2D eigenvalue weighted by Crippen LogP contribution is -2.39. The lowest BCUT2D eigenvalue weighted by atomic mass is 10.0. The van der Waals surface area contributed by atoms with Crippen LogP contribution >= 0.6 is 24.0 Å². The first kappa shape index (κ1) is 25.9. The molecular weight excluding hydrogens is 471 g/mol. The van der Waals surface area contributed by atoms with Crippen molar-refractivity contribution in [1.29, 1.82) is 0 Å². The van der Waals surface area contributed by atoms with Crippen LogP contribution in [0.3, 0.4) is 0 Å². The number of unbranched alkanes of at least 4 members (excludes halogenated alkanes) is 1. The molecule has 0 unspecified atom stereocenters. The molecule has 2 aliphatic rings. The molecule has 0 atom stereocenters. The molecule has 2 N–H and O–H groups in total. The van der Waals surface area contributed by atoms with Crippen molar-refractivity contribution >= 4 is 29.9 Å². The number of nitrogens with zero attached hydrogens (tertiary/aromatic N) is 2. The zero-order valence-electron chi connectivity index (χ0n) is 17.6. The van der Waals surface area contributed by atoms with Gasteiger partial charge in [0.15, 0.2) is 5.96 Å². The van der Waals surface area contributed by atoms with Crippen LogP contribution in [0.1, 0.15) is 39.0 Å². The number of ether oxygens (including phenoxy) is 3.